The molecular formula is C17H13N3O6S. The van der Waals surface area contributed by atoms with Gasteiger partial charge in [-0.05, 0) is 30.8 Å². The Morgan fingerprint density at radius 2 is 2.00 bits per heavy atom. The number of benzene rings is 1. The molecule has 0 radical (unpaired) electrons. The average Bonchev–Trinajstić information content (AvgIpc) is 3.23. The van der Waals surface area contributed by atoms with Crippen molar-refractivity contribution >= 4 is 29.5 Å². The monoisotopic (exact) mass is 387 g/mol. The third kappa shape index (κ3) is 4.06. The minimum Gasteiger partial charge on any atom is -0.477 e. The zero-order chi connectivity index (χ0) is 19.6. The summed E-state index contributed by atoms with van der Waals surface area (Å²) in [6, 6.07) is 7.88. The number of thioether (sulfide) groups is 1. The van der Waals surface area contributed by atoms with E-state index in [0.29, 0.717) is 22.8 Å². The Bertz CT molecular complexity index is 1050. The molecule has 0 unspecified atom stereocenters. The molecule has 1 aromatic carbocycles. The topological polar surface area (TPSA) is 132 Å². The first-order valence-corrected chi connectivity index (χ1v) is 8.44. The first-order chi connectivity index (χ1) is 12.8. The highest BCUT2D eigenvalue weighted by Crippen LogP contribution is 2.33. The molecule has 0 bridgehead atoms. The van der Waals surface area contributed by atoms with Crippen LogP contribution >= 0.6 is 11.8 Å². The highest BCUT2D eigenvalue weighted by atomic mass is 32.2. The minimum absolute atomic E-state index is 0.0189. The Labute approximate surface area is 156 Å². The summed E-state index contributed by atoms with van der Waals surface area (Å²) in [4.78, 5) is 22.0. The molecule has 0 amide bonds. The number of aliphatic carboxylic acids is 1. The van der Waals surface area contributed by atoms with Crippen LogP contribution in [0.5, 0.6) is 0 Å². The summed E-state index contributed by atoms with van der Waals surface area (Å²) in [7, 11) is 0. The van der Waals surface area contributed by atoms with E-state index in [4.69, 9.17) is 8.83 Å². The molecule has 0 aliphatic carbocycles. The Morgan fingerprint density at radius 3 is 2.63 bits per heavy atom. The molecule has 3 rings (SSSR count). The molecule has 2 heterocycles. The molecule has 27 heavy (non-hydrogen) atoms. The van der Waals surface area contributed by atoms with Crippen LogP contribution in [-0.2, 0) is 4.79 Å². The van der Waals surface area contributed by atoms with Crippen LogP contribution in [0.2, 0.25) is 0 Å². The molecule has 0 spiro atoms. The number of carboxylic acid groups (broad SMARTS) is 1. The molecule has 0 aliphatic heterocycles. The molecule has 138 valence electrons. The first kappa shape index (κ1) is 18.4. The van der Waals surface area contributed by atoms with Gasteiger partial charge in [0, 0.05) is 30.2 Å². The molecule has 10 heteroatoms. The van der Waals surface area contributed by atoms with Gasteiger partial charge in [0.1, 0.15) is 16.4 Å². The number of rotatable bonds is 6. The number of furan rings is 1. The van der Waals surface area contributed by atoms with Crippen molar-refractivity contribution in [1.29, 1.82) is 0 Å². The van der Waals surface area contributed by atoms with Gasteiger partial charge in [0.05, 0.1) is 4.92 Å². The van der Waals surface area contributed by atoms with Gasteiger partial charge in [0.15, 0.2) is 0 Å². The van der Waals surface area contributed by atoms with Crippen LogP contribution in [0, 0.1) is 24.0 Å². The lowest BCUT2D eigenvalue weighted by Crippen LogP contribution is -1.96. The summed E-state index contributed by atoms with van der Waals surface area (Å²) < 4.78 is 10.8. The van der Waals surface area contributed by atoms with Crippen molar-refractivity contribution in [2.45, 2.75) is 19.1 Å². The minimum atomic E-state index is -1.18. The van der Waals surface area contributed by atoms with Crippen molar-refractivity contribution in [2.24, 2.45) is 0 Å². The number of carboxylic acids is 1. The zero-order valence-electron chi connectivity index (χ0n) is 14.2. The van der Waals surface area contributed by atoms with Crippen LogP contribution in [0.3, 0.4) is 0 Å². The van der Waals surface area contributed by atoms with Gasteiger partial charge in [0.2, 0.25) is 5.89 Å². The molecule has 0 saturated carbocycles. The van der Waals surface area contributed by atoms with Gasteiger partial charge in [-0.1, -0.05) is 12.1 Å². The lowest BCUT2D eigenvalue weighted by Gasteiger charge is -2.03. The van der Waals surface area contributed by atoms with Crippen molar-refractivity contribution in [3.05, 3.63) is 62.6 Å². The van der Waals surface area contributed by atoms with Crippen LogP contribution in [0.4, 0.5) is 5.69 Å². The van der Waals surface area contributed by atoms with Gasteiger partial charge >= 0.3 is 5.97 Å². The quantitative estimate of drug-likeness (QED) is 0.287. The number of hydrogen-bond acceptors (Lipinski definition) is 8. The van der Waals surface area contributed by atoms with Gasteiger partial charge in [-0.2, -0.15) is 0 Å². The smallest absolute Gasteiger partial charge is 0.342 e. The molecule has 1 N–H and O–H groups in total. The number of carbonyl (C=O) groups is 1. The summed E-state index contributed by atoms with van der Waals surface area (Å²) in [6.07, 6.45) is 1.32. The molecule has 0 atom stereocenters. The fourth-order valence-electron chi connectivity index (χ4n) is 2.34. The largest absolute Gasteiger partial charge is 0.477 e. The first-order valence-electron chi connectivity index (χ1n) is 7.62. The standard InChI is InChI=1S/C17H13N3O6S/c1-9-12(4-3-5-13(9)20(23)24)14-7-6-11(26-14)8-15(16(21)22)27-17-19-18-10(2)25-17/h3-8H,1-2H3,(H,21,22)/b15-8-. The van der Waals surface area contributed by atoms with E-state index in [9.17, 15) is 20.0 Å². The number of nitro benzene ring substituents is 1. The maximum atomic E-state index is 11.5. The van der Waals surface area contributed by atoms with Crippen molar-refractivity contribution < 1.29 is 23.7 Å². The van der Waals surface area contributed by atoms with Crippen LogP contribution in [-0.4, -0.2) is 26.2 Å². The number of hydrogen-bond donors (Lipinski definition) is 1. The normalized spacial score (nSPS) is 11.6. The van der Waals surface area contributed by atoms with E-state index in [1.165, 1.54) is 12.1 Å². The van der Waals surface area contributed by atoms with Crippen LogP contribution in [0.25, 0.3) is 17.4 Å². The third-order valence-electron chi connectivity index (χ3n) is 3.58. The van der Waals surface area contributed by atoms with Crippen molar-refractivity contribution in [2.75, 3.05) is 0 Å². The predicted molar refractivity (Wildman–Crippen MR) is 96.0 cm³/mol. The Kier molecular flexibility index (Phi) is 5.08. The SMILES string of the molecule is Cc1nnc(S/C(=C\c2ccc(-c3cccc([N+](=O)[O-])c3C)o2)C(=O)O)o1. The van der Waals surface area contributed by atoms with Gasteiger partial charge in [0.25, 0.3) is 10.9 Å². The van der Waals surface area contributed by atoms with Gasteiger partial charge in [-0.3, -0.25) is 10.1 Å². The van der Waals surface area contributed by atoms with Crippen molar-refractivity contribution in [3.8, 4) is 11.3 Å². The van der Waals surface area contributed by atoms with Gasteiger partial charge in [-0.15, -0.1) is 10.2 Å². The highest BCUT2D eigenvalue weighted by Gasteiger charge is 2.18. The molecule has 2 aromatic heterocycles. The summed E-state index contributed by atoms with van der Waals surface area (Å²) in [5.74, 6) is -0.188. The van der Waals surface area contributed by atoms with E-state index < -0.39 is 10.9 Å². The Morgan fingerprint density at radius 1 is 1.22 bits per heavy atom. The number of nitrogens with zero attached hydrogens (tertiary/aromatic N) is 3. The molecular weight excluding hydrogens is 374 g/mol. The number of aromatic nitrogens is 2. The van der Waals surface area contributed by atoms with E-state index in [-0.39, 0.29) is 21.6 Å². The third-order valence-corrected chi connectivity index (χ3v) is 4.44. The fourth-order valence-corrected chi connectivity index (χ4v) is 3.04. The second-order valence-corrected chi connectivity index (χ2v) is 6.40. The molecule has 0 fully saturated rings. The van der Waals surface area contributed by atoms with Crippen molar-refractivity contribution in [1.82, 2.24) is 10.2 Å². The number of nitro groups is 1. The van der Waals surface area contributed by atoms with Crippen LogP contribution < -0.4 is 0 Å². The fraction of sp³-hybridized carbons (Fsp3) is 0.118. The van der Waals surface area contributed by atoms with Crippen LogP contribution in [0.1, 0.15) is 17.2 Å². The van der Waals surface area contributed by atoms with Crippen LogP contribution in [0.15, 0.2) is 49.3 Å². The maximum Gasteiger partial charge on any atom is 0.342 e. The van der Waals surface area contributed by atoms with Gasteiger partial charge < -0.3 is 13.9 Å². The summed E-state index contributed by atoms with van der Waals surface area (Å²) in [6.45, 7) is 3.23. The van der Waals surface area contributed by atoms with E-state index in [2.05, 4.69) is 10.2 Å². The lowest BCUT2D eigenvalue weighted by atomic mass is 10.1. The molecule has 0 saturated heterocycles. The lowest BCUT2D eigenvalue weighted by molar-refractivity contribution is -0.385. The average molecular weight is 387 g/mol. The predicted octanol–water partition coefficient (Wildman–Crippen LogP) is 4.07. The molecule has 9 nitrogen and oxygen atoms in total. The maximum absolute atomic E-state index is 11.5. The Hall–Kier alpha value is -3.40. The van der Waals surface area contributed by atoms with E-state index in [1.54, 1.807) is 38.1 Å². The van der Waals surface area contributed by atoms with Gasteiger partial charge in [-0.25, -0.2) is 4.79 Å². The number of aryl methyl sites for hydroxylation is 1. The summed E-state index contributed by atoms with van der Waals surface area (Å²) >= 11 is 0.799. The zero-order valence-corrected chi connectivity index (χ0v) is 15.0. The van der Waals surface area contributed by atoms with E-state index in [1.807, 2.05) is 0 Å². The van der Waals surface area contributed by atoms with Crippen molar-refractivity contribution in [3.63, 3.8) is 0 Å². The second kappa shape index (κ2) is 7.46. The molecule has 0 aliphatic rings. The summed E-state index contributed by atoms with van der Waals surface area (Å²) in [5.41, 5.74) is 0.997. The second-order valence-electron chi connectivity index (χ2n) is 5.41. The summed E-state index contributed by atoms with van der Waals surface area (Å²) in [5, 5.41) is 27.9. The highest BCUT2D eigenvalue weighted by molar-refractivity contribution is 8.03. The Balaban J connectivity index is 1.92. The molecule has 3 aromatic rings. The van der Waals surface area contributed by atoms with E-state index in [0.717, 1.165) is 11.8 Å². The van der Waals surface area contributed by atoms with E-state index >= 15 is 0 Å².